The smallest absolute Gasteiger partial charge is 0.311 e. The number of nitro groups is 1. The van der Waals surface area contributed by atoms with Crippen LogP contribution in [0.1, 0.15) is 31.7 Å². The number of hydrogen-bond acceptors (Lipinski definition) is 3. The zero-order chi connectivity index (χ0) is 14.7. The number of benzene rings is 1. The highest BCUT2D eigenvalue weighted by Gasteiger charge is 2.30. The van der Waals surface area contributed by atoms with Crippen molar-refractivity contribution in [2.24, 2.45) is 5.92 Å². The lowest BCUT2D eigenvalue weighted by Gasteiger charge is -2.15. The largest absolute Gasteiger partial charge is 0.481 e. The molecule has 1 N–H and O–H groups in total. The van der Waals surface area contributed by atoms with Crippen molar-refractivity contribution >= 4 is 34.2 Å². The van der Waals surface area contributed by atoms with E-state index in [0.29, 0.717) is 0 Å². The second kappa shape index (κ2) is 6.27. The van der Waals surface area contributed by atoms with Gasteiger partial charge in [0.1, 0.15) is 5.82 Å². The van der Waals surface area contributed by atoms with E-state index in [2.05, 4.69) is 0 Å². The number of hydrogen-bond donors (Lipinski definition) is 1. The van der Waals surface area contributed by atoms with Crippen LogP contribution in [0.2, 0.25) is 0 Å². The SMILES string of the molecule is CC(C)CC(C(=O)O)c1cc(F)c(I)cc1[N+](=O)[O-]. The number of nitrogens with zero attached hydrogens (tertiary/aromatic N) is 1. The Labute approximate surface area is 123 Å². The van der Waals surface area contributed by atoms with Crippen molar-refractivity contribution in [2.45, 2.75) is 26.2 Å². The Kier molecular flexibility index (Phi) is 5.21. The molecule has 1 rings (SSSR count). The number of carboxylic acids is 1. The Morgan fingerprint density at radius 3 is 2.53 bits per heavy atom. The van der Waals surface area contributed by atoms with Gasteiger partial charge in [0.2, 0.25) is 0 Å². The van der Waals surface area contributed by atoms with E-state index in [4.69, 9.17) is 0 Å². The minimum absolute atomic E-state index is 0.0306. The lowest BCUT2D eigenvalue weighted by molar-refractivity contribution is -0.385. The zero-order valence-electron chi connectivity index (χ0n) is 10.4. The van der Waals surface area contributed by atoms with Gasteiger partial charge in [-0.05, 0) is 41.0 Å². The maximum atomic E-state index is 13.6. The number of carboxylic acid groups (broad SMARTS) is 1. The molecule has 104 valence electrons. The Morgan fingerprint density at radius 2 is 2.11 bits per heavy atom. The molecule has 7 heteroatoms. The van der Waals surface area contributed by atoms with Crippen LogP contribution < -0.4 is 0 Å². The summed E-state index contributed by atoms with van der Waals surface area (Å²) in [6.07, 6.45) is 0.218. The van der Waals surface area contributed by atoms with Crippen LogP contribution in [-0.4, -0.2) is 16.0 Å². The second-order valence-corrected chi connectivity index (χ2v) is 5.76. The summed E-state index contributed by atoms with van der Waals surface area (Å²) in [6, 6.07) is 2.03. The molecular formula is C12H13FINO4. The van der Waals surface area contributed by atoms with Gasteiger partial charge >= 0.3 is 5.97 Å². The summed E-state index contributed by atoms with van der Waals surface area (Å²) in [5, 5.41) is 20.2. The fourth-order valence-electron chi connectivity index (χ4n) is 1.82. The number of aliphatic carboxylic acids is 1. The standard InChI is InChI=1S/C12H13FINO4/c1-6(2)3-8(12(16)17)7-4-9(13)10(14)5-11(7)15(18)19/h4-6,8H,3H2,1-2H3,(H,16,17). The van der Waals surface area contributed by atoms with E-state index in [1.54, 1.807) is 22.6 Å². The van der Waals surface area contributed by atoms with Crippen LogP contribution in [0.25, 0.3) is 0 Å². The molecule has 0 saturated carbocycles. The maximum absolute atomic E-state index is 13.6. The molecule has 0 bridgehead atoms. The molecule has 1 aromatic carbocycles. The zero-order valence-corrected chi connectivity index (χ0v) is 12.5. The summed E-state index contributed by atoms with van der Waals surface area (Å²) < 4.78 is 13.7. The topological polar surface area (TPSA) is 80.4 Å². The number of carbonyl (C=O) groups is 1. The molecule has 0 aromatic heterocycles. The predicted molar refractivity (Wildman–Crippen MR) is 75.6 cm³/mol. The summed E-state index contributed by atoms with van der Waals surface area (Å²) in [4.78, 5) is 21.6. The molecule has 0 heterocycles. The van der Waals surface area contributed by atoms with Gasteiger partial charge < -0.3 is 5.11 Å². The Balaban J connectivity index is 3.40. The molecule has 0 aliphatic carbocycles. The maximum Gasteiger partial charge on any atom is 0.311 e. The van der Waals surface area contributed by atoms with Crippen molar-refractivity contribution in [1.29, 1.82) is 0 Å². The van der Waals surface area contributed by atoms with Crippen molar-refractivity contribution < 1.29 is 19.2 Å². The van der Waals surface area contributed by atoms with E-state index in [9.17, 15) is 24.4 Å². The van der Waals surface area contributed by atoms with Gasteiger partial charge in [0.25, 0.3) is 5.69 Å². The van der Waals surface area contributed by atoms with Gasteiger partial charge in [-0.1, -0.05) is 13.8 Å². The monoisotopic (exact) mass is 381 g/mol. The van der Waals surface area contributed by atoms with Crippen molar-refractivity contribution in [3.05, 3.63) is 37.2 Å². The van der Waals surface area contributed by atoms with E-state index >= 15 is 0 Å². The van der Waals surface area contributed by atoms with Gasteiger partial charge in [-0.25, -0.2) is 4.39 Å². The first-order valence-electron chi connectivity index (χ1n) is 5.60. The normalized spacial score (nSPS) is 12.5. The van der Waals surface area contributed by atoms with E-state index in [1.165, 1.54) is 0 Å². The molecular weight excluding hydrogens is 368 g/mol. The fraction of sp³-hybridized carbons (Fsp3) is 0.417. The first-order chi connectivity index (χ1) is 8.73. The molecule has 0 spiro atoms. The average molecular weight is 381 g/mol. The van der Waals surface area contributed by atoms with E-state index < -0.39 is 22.6 Å². The first-order valence-corrected chi connectivity index (χ1v) is 6.68. The van der Waals surface area contributed by atoms with Crippen molar-refractivity contribution in [3.8, 4) is 0 Å². The molecule has 1 atom stereocenters. The Bertz CT molecular complexity index is 519. The molecule has 0 aliphatic rings. The minimum Gasteiger partial charge on any atom is -0.481 e. The van der Waals surface area contributed by atoms with Gasteiger partial charge in [0.15, 0.2) is 0 Å². The molecule has 1 aromatic rings. The highest BCUT2D eigenvalue weighted by Crippen LogP contribution is 2.33. The van der Waals surface area contributed by atoms with Crippen molar-refractivity contribution in [3.63, 3.8) is 0 Å². The van der Waals surface area contributed by atoms with Gasteiger partial charge in [-0.15, -0.1) is 0 Å². The lowest BCUT2D eigenvalue weighted by atomic mass is 9.89. The van der Waals surface area contributed by atoms with Crippen LogP contribution in [0.5, 0.6) is 0 Å². The van der Waals surface area contributed by atoms with Gasteiger partial charge in [-0.2, -0.15) is 0 Å². The third-order valence-corrected chi connectivity index (χ3v) is 3.47. The van der Waals surface area contributed by atoms with E-state index in [1.807, 2.05) is 13.8 Å². The predicted octanol–water partition coefficient (Wildman–Crippen LogP) is 3.55. The summed E-state index contributed by atoms with van der Waals surface area (Å²) in [6.45, 7) is 3.62. The Morgan fingerprint density at radius 1 is 1.53 bits per heavy atom. The molecule has 0 amide bonds. The first kappa shape index (κ1) is 15.8. The molecule has 0 radical (unpaired) electrons. The lowest BCUT2D eigenvalue weighted by Crippen LogP contribution is -2.16. The number of nitro benzene ring substituents is 1. The molecule has 0 aliphatic heterocycles. The second-order valence-electron chi connectivity index (χ2n) is 4.60. The summed E-state index contributed by atoms with van der Waals surface area (Å²) in [5.41, 5.74) is -0.428. The fourth-order valence-corrected chi connectivity index (χ4v) is 2.27. The Hall–Kier alpha value is -1.25. The highest BCUT2D eigenvalue weighted by molar-refractivity contribution is 14.1. The molecule has 1 unspecified atom stereocenters. The summed E-state index contributed by atoms with van der Waals surface area (Å²) in [7, 11) is 0. The number of halogens is 2. The molecule has 0 saturated heterocycles. The quantitative estimate of drug-likeness (QED) is 0.481. The third kappa shape index (κ3) is 3.85. The van der Waals surface area contributed by atoms with Crippen LogP contribution in [0.3, 0.4) is 0 Å². The highest BCUT2D eigenvalue weighted by atomic mass is 127. The van der Waals surface area contributed by atoms with E-state index in [-0.39, 0.29) is 27.2 Å². The van der Waals surface area contributed by atoms with Crippen molar-refractivity contribution in [1.82, 2.24) is 0 Å². The van der Waals surface area contributed by atoms with Crippen LogP contribution in [0.4, 0.5) is 10.1 Å². The van der Waals surface area contributed by atoms with Crippen molar-refractivity contribution in [2.75, 3.05) is 0 Å². The summed E-state index contributed by atoms with van der Waals surface area (Å²) in [5.74, 6) is -2.87. The van der Waals surface area contributed by atoms with Gasteiger partial charge in [0.05, 0.1) is 14.4 Å². The number of rotatable bonds is 5. The average Bonchev–Trinajstić information content (AvgIpc) is 2.28. The molecule has 19 heavy (non-hydrogen) atoms. The van der Waals surface area contributed by atoms with Crippen LogP contribution in [0, 0.1) is 25.4 Å². The van der Waals surface area contributed by atoms with Crippen LogP contribution >= 0.6 is 22.6 Å². The van der Waals surface area contributed by atoms with Crippen LogP contribution in [0.15, 0.2) is 12.1 Å². The molecule has 0 fully saturated rings. The van der Waals surface area contributed by atoms with Gasteiger partial charge in [-0.3, -0.25) is 14.9 Å². The molecule has 5 nitrogen and oxygen atoms in total. The third-order valence-electron chi connectivity index (χ3n) is 2.65. The van der Waals surface area contributed by atoms with Gasteiger partial charge in [0, 0.05) is 11.6 Å². The minimum atomic E-state index is -1.18. The summed E-state index contributed by atoms with van der Waals surface area (Å²) >= 11 is 1.64. The van der Waals surface area contributed by atoms with E-state index in [0.717, 1.165) is 12.1 Å². The van der Waals surface area contributed by atoms with Crippen LogP contribution in [-0.2, 0) is 4.79 Å².